The van der Waals surface area contributed by atoms with Gasteiger partial charge in [-0.15, -0.1) is 11.3 Å². The summed E-state index contributed by atoms with van der Waals surface area (Å²) < 4.78 is 1.33. The summed E-state index contributed by atoms with van der Waals surface area (Å²) in [7, 11) is 0. The van der Waals surface area contributed by atoms with E-state index in [0.29, 0.717) is 5.41 Å². The standard InChI is InChI=1S/C14H16N2S2/c1-14(2)8-15-13(18-9-14)16-11-3-4-12-10(7-11)5-6-17-12/h3-7H,8-9H2,1-2H3,(H,15,16). The molecule has 0 amide bonds. The number of hydrogen-bond donors (Lipinski definition) is 1. The van der Waals surface area contributed by atoms with Gasteiger partial charge in [-0.05, 0) is 40.4 Å². The van der Waals surface area contributed by atoms with Crippen molar-refractivity contribution in [3.05, 3.63) is 29.6 Å². The molecule has 0 saturated carbocycles. The Kier molecular flexibility index (Phi) is 3.08. The van der Waals surface area contributed by atoms with Crippen molar-refractivity contribution in [1.29, 1.82) is 0 Å². The molecular formula is C14H16N2S2. The minimum atomic E-state index is 0.327. The first-order valence-electron chi connectivity index (χ1n) is 6.04. The van der Waals surface area contributed by atoms with E-state index in [-0.39, 0.29) is 0 Å². The van der Waals surface area contributed by atoms with Gasteiger partial charge in [0, 0.05) is 22.7 Å². The third kappa shape index (κ3) is 2.54. The molecular weight excluding hydrogens is 260 g/mol. The molecule has 1 aliphatic heterocycles. The number of rotatable bonds is 1. The molecule has 0 aliphatic carbocycles. The summed E-state index contributed by atoms with van der Waals surface area (Å²) in [6.07, 6.45) is 0. The van der Waals surface area contributed by atoms with Crippen LogP contribution in [0.1, 0.15) is 13.8 Å². The topological polar surface area (TPSA) is 24.4 Å². The van der Waals surface area contributed by atoms with Crippen molar-refractivity contribution in [2.24, 2.45) is 10.4 Å². The van der Waals surface area contributed by atoms with E-state index in [0.717, 1.165) is 23.2 Å². The van der Waals surface area contributed by atoms with E-state index >= 15 is 0 Å². The van der Waals surface area contributed by atoms with Crippen molar-refractivity contribution in [3.63, 3.8) is 0 Å². The van der Waals surface area contributed by atoms with E-state index in [1.54, 1.807) is 11.3 Å². The van der Waals surface area contributed by atoms with Crippen LogP contribution in [0.2, 0.25) is 0 Å². The second-order valence-corrected chi connectivity index (χ2v) is 7.28. The van der Waals surface area contributed by atoms with Crippen molar-refractivity contribution >= 4 is 44.0 Å². The van der Waals surface area contributed by atoms with E-state index in [2.05, 4.69) is 53.8 Å². The molecule has 1 aliphatic rings. The molecule has 1 aromatic carbocycles. The van der Waals surface area contributed by atoms with Crippen LogP contribution >= 0.6 is 23.1 Å². The molecule has 94 valence electrons. The maximum Gasteiger partial charge on any atom is 0.161 e. The molecule has 0 bridgehead atoms. The van der Waals surface area contributed by atoms with E-state index in [1.807, 2.05) is 11.8 Å². The zero-order chi connectivity index (χ0) is 12.6. The Hall–Kier alpha value is -1.00. The number of fused-ring (bicyclic) bond motifs is 1. The lowest BCUT2D eigenvalue weighted by molar-refractivity contribution is 0.438. The minimum absolute atomic E-state index is 0.327. The predicted octanol–water partition coefficient (Wildman–Crippen LogP) is 4.44. The van der Waals surface area contributed by atoms with Crippen LogP contribution in [-0.2, 0) is 0 Å². The number of hydrogen-bond acceptors (Lipinski definition) is 4. The van der Waals surface area contributed by atoms with E-state index < -0.39 is 0 Å². The predicted molar refractivity (Wildman–Crippen MR) is 84.0 cm³/mol. The number of nitrogens with zero attached hydrogens (tertiary/aromatic N) is 1. The Balaban J connectivity index is 1.78. The molecule has 1 aromatic heterocycles. The van der Waals surface area contributed by atoms with E-state index in [4.69, 9.17) is 0 Å². The average molecular weight is 276 g/mol. The SMILES string of the molecule is CC1(C)CN=C(Nc2ccc3sccc3c2)SC1. The van der Waals surface area contributed by atoms with Gasteiger partial charge in [-0.1, -0.05) is 25.6 Å². The van der Waals surface area contributed by atoms with Crippen LogP contribution in [0.15, 0.2) is 34.6 Å². The van der Waals surface area contributed by atoms with E-state index in [1.165, 1.54) is 10.1 Å². The van der Waals surface area contributed by atoms with Crippen molar-refractivity contribution in [1.82, 2.24) is 0 Å². The Morgan fingerprint density at radius 2 is 2.17 bits per heavy atom. The first-order valence-corrected chi connectivity index (χ1v) is 7.90. The number of nitrogens with one attached hydrogen (secondary N) is 1. The Morgan fingerprint density at radius 3 is 2.94 bits per heavy atom. The molecule has 0 spiro atoms. The highest BCUT2D eigenvalue weighted by molar-refractivity contribution is 8.14. The zero-order valence-electron chi connectivity index (χ0n) is 10.6. The highest BCUT2D eigenvalue weighted by atomic mass is 32.2. The van der Waals surface area contributed by atoms with Crippen molar-refractivity contribution in [2.75, 3.05) is 17.6 Å². The van der Waals surface area contributed by atoms with Crippen LogP contribution in [0, 0.1) is 5.41 Å². The quantitative estimate of drug-likeness (QED) is 0.832. The normalized spacial score (nSPS) is 18.7. The van der Waals surface area contributed by atoms with Crippen molar-refractivity contribution in [2.45, 2.75) is 13.8 Å². The lowest BCUT2D eigenvalue weighted by atomic mass is 9.97. The van der Waals surface area contributed by atoms with Crippen LogP contribution in [0.5, 0.6) is 0 Å². The van der Waals surface area contributed by atoms with Gasteiger partial charge < -0.3 is 5.32 Å². The maximum atomic E-state index is 4.62. The molecule has 2 heterocycles. The van der Waals surface area contributed by atoms with Gasteiger partial charge in [0.05, 0.1) is 0 Å². The highest BCUT2D eigenvalue weighted by Crippen LogP contribution is 2.29. The Labute approximate surface area is 116 Å². The van der Waals surface area contributed by atoms with Gasteiger partial charge >= 0.3 is 0 Å². The number of anilines is 1. The summed E-state index contributed by atoms with van der Waals surface area (Å²) in [5, 5.41) is 7.89. The van der Waals surface area contributed by atoms with Gasteiger partial charge in [0.1, 0.15) is 0 Å². The number of aliphatic imine (C=N–C) groups is 1. The van der Waals surface area contributed by atoms with Gasteiger partial charge in [-0.2, -0.15) is 0 Å². The van der Waals surface area contributed by atoms with Gasteiger partial charge in [0.15, 0.2) is 5.17 Å². The Morgan fingerprint density at radius 1 is 1.28 bits per heavy atom. The van der Waals surface area contributed by atoms with Gasteiger partial charge in [0.2, 0.25) is 0 Å². The summed E-state index contributed by atoms with van der Waals surface area (Å²) in [5.74, 6) is 1.12. The summed E-state index contributed by atoms with van der Waals surface area (Å²) >= 11 is 3.59. The molecule has 0 atom stereocenters. The van der Waals surface area contributed by atoms with Crippen LogP contribution in [0.4, 0.5) is 5.69 Å². The average Bonchev–Trinajstić information content (AvgIpc) is 2.79. The second-order valence-electron chi connectivity index (χ2n) is 5.37. The Bertz CT molecular complexity index is 599. The number of thioether (sulfide) groups is 1. The summed E-state index contributed by atoms with van der Waals surface area (Å²) in [5.41, 5.74) is 1.46. The smallest absolute Gasteiger partial charge is 0.161 e. The van der Waals surface area contributed by atoms with E-state index in [9.17, 15) is 0 Å². The van der Waals surface area contributed by atoms with Gasteiger partial charge in [-0.25, -0.2) is 0 Å². The van der Waals surface area contributed by atoms with Crippen LogP contribution in [-0.4, -0.2) is 17.5 Å². The molecule has 0 radical (unpaired) electrons. The third-order valence-electron chi connectivity index (χ3n) is 2.95. The minimum Gasteiger partial charge on any atom is -0.335 e. The number of benzene rings is 1. The maximum absolute atomic E-state index is 4.62. The molecule has 3 rings (SSSR count). The summed E-state index contributed by atoms with van der Waals surface area (Å²) in [6, 6.07) is 8.64. The molecule has 18 heavy (non-hydrogen) atoms. The number of amidine groups is 1. The highest BCUT2D eigenvalue weighted by Gasteiger charge is 2.23. The zero-order valence-corrected chi connectivity index (χ0v) is 12.2. The molecule has 2 aromatic rings. The molecule has 1 N–H and O–H groups in total. The first kappa shape index (κ1) is 12.1. The monoisotopic (exact) mass is 276 g/mol. The lowest BCUT2D eigenvalue weighted by Gasteiger charge is -2.27. The third-order valence-corrected chi connectivity index (χ3v) is 5.28. The fourth-order valence-corrected chi connectivity index (χ4v) is 3.62. The van der Waals surface area contributed by atoms with Crippen LogP contribution in [0.3, 0.4) is 0 Å². The van der Waals surface area contributed by atoms with Crippen molar-refractivity contribution < 1.29 is 0 Å². The fraction of sp³-hybridized carbons (Fsp3) is 0.357. The molecule has 0 unspecified atom stereocenters. The van der Waals surface area contributed by atoms with Crippen LogP contribution in [0.25, 0.3) is 10.1 Å². The fourth-order valence-electron chi connectivity index (χ4n) is 1.88. The molecule has 0 fully saturated rings. The number of thiophene rings is 1. The largest absolute Gasteiger partial charge is 0.335 e. The lowest BCUT2D eigenvalue weighted by Crippen LogP contribution is -2.27. The van der Waals surface area contributed by atoms with Gasteiger partial charge in [0.25, 0.3) is 0 Å². The molecule has 2 nitrogen and oxygen atoms in total. The summed E-state index contributed by atoms with van der Waals surface area (Å²) in [4.78, 5) is 4.62. The molecule has 0 saturated heterocycles. The van der Waals surface area contributed by atoms with Crippen molar-refractivity contribution in [3.8, 4) is 0 Å². The summed E-state index contributed by atoms with van der Waals surface area (Å²) in [6.45, 7) is 5.43. The first-order chi connectivity index (χ1) is 8.62. The molecule has 4 heteroatoms. The second kappa shape index (κ2) is 4.59. The van der Waals surface area contributed by atoms with Gasteiger partial charge in [-0.3, -0.25) is 4.99 Å². The van der Waals surface area contributed by atoms with Crippen LogP contribution < -0.4 is 5.32 Å².